The Kier molecular flexibility index (Phi) is 5.82. The molecule has 3 aromatic rings. The van der Waals surface area contributed by atoms with E-state index in [-0.39, 0.29) is 18.1 Å². The predicted octanol–water partition coefficient (Wildman–Crippen LogP) is 2.29. The first-order valence-electron chi connectivity index (χ1n) is 10.2. The smallest absolute Gasteiger partial charge is 0.251 e. The summed E-state index contributed by atoms with van der Waals surface area (Å²) in [7, 11) is -3.28. The van der Waals surface area contributed by atoms with Crippen LogP contribution in [0.2, 0.25) is 0 Å². The number of aromatic amines is 1. The highest BCUT2D eigenvalue weighted by molar-refractivity contribution is 7.90. The highest BCUT2D eigenvalue weighted by Crippen LogP contribution is 2.28. The molecule has 0 aliphatic carbocycles. The lowest BCUT2D eigenvalue weighted by atomic mass is 10.0. The lowest BCUT2D eigenvalue weighted by Gasteiger charge is -2.31. The van der Waals surface area contributed by atoms with Crippen LogP contribution in [0.4, 0.5) is 0 Å². The molecule has 2 heterocycles. The maximum atomic E-state index is 13.4. The molecule has 2 N–H and O–H groups in total. The van der Waals surface area contributed by atoms with E-state index in [4.69, 9.17) is 0 Å². The van der Waals surface area contributed by atoms with Gasteiger partial charge in [-0.15, -0.1) is 0 Å². The van der Waals surface area contributed by atoms with Crippen molar-refractivity contribution in [1.82, 2.24) is 15.2 Å². The Bertz CT molecular complexity index is 1220. The second-order valence-corrected chi connectivity index (χ2v) is 10.2. The highest BCUT2D eigenvalue weighted by Gasteiger charge is 2.30. The molecule has 1 atom stereocenters. The summed E-state index contributed by atoms with van der Waals surface area (Å²) in [6.45, 7) is 0.935. The first kappa shape index (κ1) is 21.1. The molecule has 0 unspecified atom stereocenters. The highest BCUT2D eigenvalue weighted by atomic mass is 32.2. The summed E-state index contributed by atoms with van der Waals surface area (Å²) in [5.41, 5.74) is 3.66. The lowest BCUT2D eigenvalue weighted by molar-refractivity contribution is -0.134. The first-order chi connectivity index (χ1) is 14.8. The van der Waals surface area contributed by atoms with Crippen LogP contribution in [-0.2, 0) is 27.6 Å². The molecular weight excluding hydrogens is 414 g/mol. The van der Waals surface area contributed by atoms with Gasteiger partial charge in [-0.2, -0.15) is 0 Å². The molecular formula is C23H25N3O4S. The number of hydrogen-bond donors (Lipinski definition) is 2. The molecule has 0 saturated heterocycles. The molecule has 31 heavy (non-hydrogen) atoms. The van der Waals surface area contributed by atoms with Crippen molar-refractivity contribution in [1.29, 1.82) is 0 Å². The number of carbonyl (C=O) groups is 2. The summed E-state index contributed by atoms with van der Waals surface area (Å²) >= 11 is 0. The average Bonchev–Trinajstić information content (AvgIpc) is 3.14. The molecule has 0 spiro atoms. The van der Waals surface area contributed by atoms with Gasteiger partial charge >= 0.3 is 0 Å². The van der Waals surface area contributed by atoms with Gasteiger partial charge in [-0.3, -0.25) is 9.59 Å². The zero-order chi connectivity index (χ0) is 22.0. The zero-order valence-electron chi connectivity index (χ0n) is 17.3. The van der Waals surface area contributed by atoms with Crippen LogP contribution in [0.15, 0.2) is 54.6 Å². The summed E-state index contributed by atoms with van der Waals surface area (Å²) in [4.78, 5) is 31.1. The number of para-hydroxylation sites is 1. The van der Waals surface area contributed by atoms with Crippen molar-refractivity contribution in [3.63, 3.8) is 0 Å². The van der Waals surface area contributed by atoms with Gasteiger partial charge in [-0.1, -0.05) is 36.4 Å². The van der Waals surface area contributed by atoms with Gasteiger partial charge in [-0.25, -0.2) is 8.42 Å². The van der Waals surface area contributed by atoms with Gasteiger partial charge in [0.2, 0.25) is 5.91 Å². The third-order valence-electron chi connectivity index (χ3n) is 5.61. The molecule has 2 aromatic carbocycles. The van der Waals surface area contributed by atoms with Crippen LogP contribution in [-0.4, -0.2) is 54.7 Å². The maximum Gasteiger partial charge on any atom is 0.251 e. The van der Waals surface area contributed by atoms with Crippen molar-refractivity contribution in [3.8, 4) is 0 Å². The first-order valence-corrected chi connectivity index (χ1v) is 12.3. The fourth-order valence-electron chi connectivity index (χ4n) is 4.00. The van der Waals surface area contributed by atoms with Crippen molar-refractivity contribution in [2.45, 2.75) is 25.4 Å². The summed E-state index contributed by atoms with van der Waals surface area (Å²) in [5, 5.41) is 3.84. The number of aromatic nitrogens is 1. The van der Waals surface area contributed by atoms with Crippen LogP contribution in [0, 0.1) is 0 Å². The summed E-state index contributed by atoms with van der Waals surface area (Å²) in [6, 6.07) is 15.7. The van der Waals surface area contributed by atoms with Crippen LogP contribution < -0.4 is 5.32 Å². The molecule has 0 saturated carbocycles. The van der Waals surface area contributed by atoms with Crippen molar-refractivity contribution in [2.24, 2.45) is 0 Å². The van der Waals surface area contributed by atoms with E-state index in [1.165, 1.54) is 0 Å². The molecule has 4 rings (SSSR count). The van der Waals surface area contributed by atoms with Crippen molar-refractivity contribution in [2.75, 3.05) is 18.6 Å². The van der Waals surface area contributed by atoms with Gasteiger partial charge in [0.05, 0.1) is 5.75 Å². The molecule has 2 amide bonds. The Morgan fingerprint density at radius 1 is 1.10 bits per heavy atom. The second kappa shape index (κ2) is 8.55. The molecule has 1 aliphatic rings. The molecule has 162 valence electrons. The number of rotatable bonds is 6. The van der Waals surface area contributed by atoms with Gasteiger partial charge in [0.15, 0.2) is 0 Å². The van der Waals surface area contributed by atoms with Crippen LogP contribution in [0.1, 0.15) is 28.0 Å². The summed E-state index contributed by atoms with van der Waals surface area (Å²) in [5.74, 6) is -0.828. The third-order valence-corrected chi connectivity index (χ3v) is 6.59. The number of benzene rings is 2. The van der Waals surface area contributed by atoms with Crippen molar-refractivity contribution < 1.29 is 18.0 Å². The number of H-pyrrole nitrogens is 1. The molecule has 1 aliphatic heterocycles. The zero-order valence-corrected chi connectivity index (χ0v) is 18.1. The summed E-state index contributed by atoms with van der Waals surface area (Å²) < 4.78 is 23.4. The van der Waals surface area contributed by atoms with E-state index in [0.717, 1.165) is 28.4 Å². The molecule has 7 nitrogen and oxygen atoms in total. The van der Waals surface area contributed by atoms with E-state index >= 15 is 0 Å². The van der Waals surface area contributed by atoms with Gasteiger partial charge in [0.25, 0.3) is 5.91 Å². The average molecular weight is 440 g/mol. The Balaban J connectivity index is 1.55. The van der Waals surface area contributed by atoms with Gasteiger partial charge in [0, 0.05) is 53.5 Å². The van der Waals surface area contributed by atoms with Gasteiger partial charge < -0.3 is 15.2 Å². The quantitative estimate of drug-likeness (QED) is 0.616. The van der Waals surface area contributed by atoms with E-state index in [1.807, 2.05) is 24.3 Å². The number of nitrogens with zero attached hydrogens (tertiary/aromatic N) is 1. The second-order valence-electron chi connectivity index (χ2n) is 7.95. The Morgan fingerprint density at radius 3 is 2.55 bits per heavy atom. The fourth-order valence-corrected chi connectivity index (χ4v) is 4.66. The fraction of sp³-hybridized carbons (Fsp3) is 0.304. The molecule has 1 aromatic heterocycles. The van der Waals surface area contributed by atoms with E-state index in [2.05, 4.69) is 10.3 Å². The Hall–Kier alpha value is -3.13. The van der Waals surface area contributed by atoms with Crippen LogP contribution in [0.5, 0.6) is 0 Å². The SMILES string of the molecule is CS(=O)(=O)CC[C@@H](NC(=O)c1ccccc1)C(=O)N1CCc2[nH]c3ccccc3c2C1. The monoisotopic (exact) mass is 439 g/mol. The minimum Gasteiger partial charge on any atom is -0.358 e. The Morgan fingerprint density at radius 2 is 1.81 bits per heavy atom. The van der Waals surface area contributed by atoms with Gasteiger partial charge in [0.1, 0.15) is 15.9 Å². The normalized spacial score (nSPS) is 14.8. The van der Waals surface area contributed by atoms with Crippen LogP contribution >= 0.6 is 0 Å². The maximum absolute atomic E-state index is 13.4. The number of nitrogens with one attached hydrogen (secondary N) is 2. The number of hydrogen-bond acceptors (Lipinski definition) is 4. The number of fused-ring (bicyclic) bond motifs is 3. The van der Waals surface area contributed by atoms with Crippen molar-refractivity contribution in [3.05, 3.63) is 71.4 Å². The summed E-state index contributed by atoms with van der Waals surface area (Å²) in [6.07, 6.45) is 1.85. The molecule has 0 radical (unpaired) electrons. The molecule has 8 heteroatoms. The Labute approximate surface area is 181 Å². The van der Waals surface area contributed by atoms with E-state index in [1.54, 1.807) is 35.2 Å². The van der Waals surface area contributed by atoms with E-state index in [0.29, 0.717) is 25.1 Å². The van der Waals surface area contributed by atoms with Crippen LogP contribution in [0.25, 0.3) is 10.9 Å². The number of amides is 2. The topological polar surface area (TPSA) is 99.3 Å². The molecule has 0 fully saturated rings. The molecule has 0 bridgehead atoms. The number of sulfone groups is 1. The van der Waals surface area contributed by atoms with E-state index < -0.39 is 21.8 Å². The standard InChI is InChI=1S/C23H25N3O4S/c1-31(29,30)14-12-21(25-22(27)16-7-3-2-4-8-16)23(28)26-13-11-20-18(15-26)17-9-5-6-10-19(17)24-20/h2-10,21,24H,11-15H2,1H3,(H,25,27)/t21-/m1/s1. The number of carbonyl (C=O) groups excluding carboxylic acids is 2. The predicted molar refractivity (Wildman–Crippen MR) is 119 cm³/mol. The largest absolute Gasteiger partial charge is 0.358 e. The van der Waals surface area contributed by atoms with E-state index in [9.17, 15) is 18.0 Å². The van der Waals surface area contributed by atoms with Crippen molar-refractivity contribution >= 4 is 32.6 Å². The minimum atomic E-state index is -3.28. The lowest BCUT2D eigenvalue weighted by Crippen LogP contribution is -2.50. The van der Waals surface area contributed by atoms with Crippen LogP contribution in [0.3, 0.4) is 0 Å². The minimum absolute atomic E-state index is 0.0352. The third kappa shape index (κ3) is 4.80. The van der Waals surface area contributed by atoms with Gasteiger partial charge in [-0.05, 0) is 24.6 Å².